The number of carbonyl (C=O) groups is 3. The van der Waals surface area contributed by atoms with Gasteiger partial charge in [-0.3, -0.25) is 24.0 Å². The lowest BCUT2D eigenvalue weighted by molar-refractivity contribution is -0.133. The molecule has 9 heteroatoms. The van der Waals surface area contributed by atoms with Crippen molar-refractivity contribution in [3.05, 3.63) is 17.5 Å². The monoisotopic (exact) mass is 472 g/mol. The maximum Gasteiger partial charge on any atom is 0.274 e. The third-order valence-electron chi connectivity index (χ3n) is 7.63. The molecule has 3 amide bonds. The fraction of sp³-hybridized carbons (Fsp3) is 0.760. The van der Waals surface area contributed by atoms with Gasteiger partial charge in [0.25, 0.3) is 11.8 Å². The Morgan fingerprint density at radius 1 is 1.09 bits per heavy atom. The Morgan fingerprint density at radius 2 is 1.79 bits per heavy atom. The van der Waals surface area contributed by atoms with E-state index in [0.717, 1.165) is 64.6 Å². The van der Waals surface area contributed by atoms with Crippen LogP contribution in [-0.4, -0.2) is 93.1 Å². The van der Waals surface area contributed by atoms with Gasteiger partial charge in [-0.1, -0.05) is 33.1 Å². The largest absolute Gasteiger partial charge is 0.351 e. The zero-order chi connectivity index (χ0) is 24.3. The molecule has 1 aliphatic carbocycles. The number of carbonyl (C=O) groups excluding carboxylic acids is 3. The van der Waals surface area contributed by atoms with Crippen LogP contribution in [-0.2, 0) is 11.3 Å². The van der Waals surface area contributed by atoms with Gasteiger partial charge in [0.15, 0.2) is 5.69 Å². The summed E-state index contributed by atoms with van der Waals surface area (Å²) in [4.78, 5) is 46.1. The molecule has 1 aromatic heterocycles. The minimum atomic E-state index is -1.03. The van der Waals surface area contributed by atoms with Crippen LogP contribution in [0.15, 0.2) is 6.07 Å². The standard InChI is InChI=1S/C25H40N6O3/c1-4-6-12-30-23(33)21-17-20(22(32)29-15-13-28(11-5-2)14-16-29)27-31(21)18-25(30,3)24(34)26-19-9-7-8-10-19/h17,19H,4-16,18H2,1-3H3,(H,26,34)/t25-/m0/s1. The van der Waals surface area contributed by atoms with Gasteiger partial charge in [-0.15, -0.1) is 0 Å². The summed E-state index contributed by atoms with van der Waals surface area (Å²) in [6, 6.07) is 1.80. The van der Waals surface area contributed by atoms with Crippen LogP contribution < -0.4 is 5.32 Å². The zero-order valence-corrected chi connectivity index (χ0v) is 21.0. The molecule has 9 nitrogen and oxygen atoms in total. The maximum absolute atomic E-state index is 13.6. The molecule has 4 rings (SSSR count). The number of hydrogen-bond acceptors (Lipinski definition) is 5. The van der Waals surface area contributed by atoms with Crippen molar-refractivity contribution in [3.8, 4) is 0 Å². The van der Waals surface area contributed by atoms with Crippen LogP contribution >= 0.6 is 0 Å². The molecule has 0 aromatic carbocycles. The van der Waals surface area contributed by atoms with Crippen molar-refractivity contribution in [2.45, 2.75) is 83.8 Å². The molecule has 2 aliphatic heterocycles. The van der Waals surface area contributed by atoms with Gasteiger partial charge in [0, 0.05) is 44.8 Å². The molecule has 1 aromatic rings. The minimum absolute atomic E-state index is 0.120. The molecule has 2 fully saturated rings. The number of rotatable bonds is 8. The second-order valence-corrected chi connectivity index (χ2v) is 10.2. The van der Waals surface area contributed by atoms with Gasteiger partial charge in [-0.05, 0) is 39.2 Å². The molecule has 3 heterocycles. The molecular weight excluding hydrogens is 432 g/mol. The van der Waals surface area contributed by atoms with Crippen molar-refractivity contribution in [2.24, 2.45) is 0 Å². The molecule has 0 unspecified atom stereocenters. The number of hydrogen-bond donors (Lipinski definition) is 1. The Kier molecular flexibility index (Phi) is 7.60. The maximum atomic E-state index is 13.6. The molecule has 34 heavy (non-hydrogen) atoms. The lowest BCUT2D eigenvalue weighted by Gasteiger charge is -2.43. The van der Waals surface area contributed by atoms with E-state index in [4.69, 9.17) is 0 Å². The number of fused-ring (bicyclic) bond motifs is 1. The van der Waals surface area contributed by atoms with E-state index < -0.39 is 5.54 Å². The summed E-state index contributed by atoms with van der Waals surface area (Å²) in [5.41, 5.74) is -0.335. The minimum Gasteiger partial charge on any atom is -0.351 e. The summed E-state index contributed by atoms with van der Waals surface area (Å²) in [5.74, 6) is -0.476. The number of unbranched alkanes of at least 4 members (excludes halogenated alkanes) is 1. The predicted molar refractivity (Wildman–Crippen MR) is 130 cm³/mol. The van der Waals surface area contributed by atoms with Gasteiger partial charge in [-0.2, -0.15) is 5.10 Å². The van der Waals surface area contributed by atoms with E-state index in [9.17, 15) is 14.4 Å². The van der Waals surface area contributed by atoms with Crippen LogP contribution in [0.3, 0.4) is 0 Å². The second kappa shape index (κ2) is 10.5. The normalized spacial score (nSPS) is 23.9. The van der Waals surface area contributed by atoms with Crippen molar-refractivity contribution in [1.29, 1.82) is 0 Å². The summed E-state index contributed by atoms with van der Waals surface area (Å²) in [6.07, 6.45) is 7.08. The molecular formula is C25H40N6O3. The van der Waals surface area contributed by atoms with Crippen LogP contribution in [0.25, 0.3) is 0 Å². The van der Waals surface area contributed by atoms with E-state index in [1.807, 2.05) is 11.8 Å². The fourth-order valence-electron chi connectivity index (χ4n) is 5.48. The Balaban J connectivity index is 1.54. The third-order valence-corrected chi connectivity index (χ3v) is 7.63. The average molecular weight is 473 g/mol. The van der Waals surface area contributed by atoms with Crippen molar-refractivity contribution < 1.29 is 14.4 Å². The van der Waals surface area contributed by atoms with E-state index in [0.29, 0.717) is 31.0 Å². The lowest BCUT2D eigenvalue weighted by Crippen LogP contribution is -2.65. The quantitative estimate of drug-likeness (QED) is 0.626. The molecule has 1 saturated carbocycles. The van der Waals surface area contributed by atoms with Gasteiger partial charge in [0.1, 0.15) is 11.2 Å². The van der Waals surface area contributed by atoms with Crippen LogP contribution in [0.4, 0.5) is 0 Å². The molecule has 188 valence electrons. The summed E-state index contributed by atoms with van der Waals surface area (Å²) >= 11 is 0. The zero-order valence-electron chi connectivity index (χ0n) is 21.0. The first-order chi connectivity index (χ1) is 16.4. The van der Waals surface area contributed by atoms with Crippen LogP contribution in [0.5, 0.6) is 0 Å². The highest BCUT2D eigenvalue weighted by Gasteiger charge is 2.48. The number of amides is 3. The summed E-state index contributed by atoms with van der Waals surface area (Å²) in [5, 5.41) is 7.73. The van der Waals surface area contributed by atoms with Crippen molar-refractivity contribution in [3.63, 3.8) is 0 Å². The molecule has 0 bridgehead atoms. The summed E-state index contributed by atoms with van der Waals surface area (Å²) in [6.45, 7) is 10.9. The van der Waals surface area contributed by atoms with Gasteiger partial charge in [0.05, 0.1) is 6.54 Å². The number of aromatic nitrogens is 2. The second-order valence-electron chi connectivity index (χ2n) is 10.2. The molecule has 1 atom stereocenters. The average Bonchev–Trinajstić information content (AvgIpc) is 3.49. The number of nitrogens with one attached hydrogen (secondary N) is 1. The van der Waals surface area contributed by atoms with Crippen molar-refractivity contribution in [2.75, 3.05) is 39.3 Å². The topological polar surface area (TPSA) is 90.8 Å². The van der Waals surface area contributed by atoms with Crippen LogP contribution in [0.1, 0.15) is 86.7 Å². The SMILES string of the molecule is CCCCN1C(=O)c2cc(C(=O)N3CCN(CCC)CC3)nn2C[C@@]1(C)C(=O)NC1CCCC1. The van der Waals surface area contributed by atoms with E-state index in [-0.39, 0.29) is 30.3 Å². The third kappa shape index (κ3) is 4.85. The van der Waals surface area contributed by atoms with Crippen LogP contribution in [0.2, 0.25) is 0 Å². The molecule has 1 N–H and O–H groups in total. The van der Waals surface area contributed by atoms with Gasteiger partial charge >= 0.3 is 0 Å². The highest BCUT2D eigenvalue weighted by molar-refractivity contribution is 6.02. The predicted octanol–water partition coefficient (Wildman–Crippen LogP) is 2.12. The smallest absolute Gasteiger partial charge is 0.274 e. The van der Waals surface area contributed by atoms with E-state index >= 15 is 0 Å². The number of nitrogens with zero attached hydrogens (tertiary/aromatic N) is 5. The number of piperazine rings is 1. The molecule has 3 aliphatic rings. The van der Waals surface area contributed by atoms with Gasteiger partial charge < -0.3 is 15.1 Å². The van der Waals surface area contributed by atoms with Crippen molar-refractivity contribution >= 4 is 17.7 Å². The first-order valence-electron chi connectivity index (χ1n) is 13.1. The first kappa shape index (κ1) is 24.7. The highest BCUT2D eigenvalue weighted by atomic mass is 16.2. The first-order valence-corrected chi connectivity index (χ1v) is 13.1. The van der Waals surface area contributed by atoms with E-state index in [2.05, 4.69) is 29.2 Å². The Hall–Kier alpha value is -2.42. The van der Waals surface area contributed by atoms with Gasteiger partial charge in [-0.25, -0.2) is 0 Å². The Morgan fingerprint density at radius 3 is 2.44 bits per heavy atom. The summed E-state index contributed by atoms with van der Waals surface area (Å²) in [7, 11) is 0. The molecule has 1 saturated heterocycles. The van der Waals surface area contributed by atoms with E-state index in [1.165, 1.54) is 0 Å². The van der Waals surface area contributed by atoms with E-state index in [1.54, 1.807) is 15.6 Å². The Labute approximate surface area is 202 Å². The van der Waals surface area contributed by atoms with Crippen LogP contribution in [0, 0.1) is 0 Å². The highest BCUT2D eigenvalue weighted by Crippen LogP contribution is 2.29. The molecule has 0 spiro atoms. The van der Waals surface area contributed by atoms with Crippen molar-refractivity contribution in [1.82, 2.24) is 29.8 Å². The molecule has 0 radical (unpaired) electrons. The Bertz CT molecular complexity index is 900. The van der Waals surface area contributed by atoms with Gasteiger partial charge in [0.2, 0.25) is 5.91 Å². The summed E-state index contributed by atoms with van der Waals surface area (Å²) < 4.78 is 1.58. The lowest BCUT2D eigenvalue weighted by atomic mass is 9.94. The fourth-order valence-corrected chi connectivity index (χ4v) is 5.48.